The number of anilines is 1. The number of ether oxygens (including phenoxy) is 1. The van der Waals surface area contributed by atoms with Crippen molar-refractivity contribution >= 4 is 21.8 Å². The topological polar surface area (TPSA) is 110 Å². The van der Waals surface area contributed by atoms with Crippen molar-refractivity contribution in [1.29, 1.82) is 0 Å². The number of nitrogens with one attached hydrogen (secondary N) is 2. The Kier molecular flexibility index (Phi) is 4.98. The van der Waals surface area contributed by atoms with E-state index in [9.17, 15) is 13.2 Å². The van der Waals surface area contributed by atoms with Gasteiger partial charge < -0.3 is 10.1 Å². The van der Waals surface area contributed by atoms with Crippen LogP contribution in [0.5, 0.6) is 0 Å². The van der Waals surface area contributed by atoms with Crippen molar-refractivity contribution in [2.75, 3.05) is 31.8 Å². The summed E-state index contributed by atoms with van der Waals surface area (Å²) in [7, 11) is -1.93. The predicted octanol–water partition coefficient (Wildman–Crippen LogP) is -0.776. The van der Waals surface area contributed by atoms with Gasteiger partial charge in [0.15, 0.2) is 5.69 Å². The molecule has 0 aliphatic carbocycles. The molecule has 0 unspecified atom stereocenters. The minimum Gasteiger partial charge on any atom is -0.464 e. The molecule has 9 heteroatoms. The average molecular weight is 274 g/mol. The van der Waals surface area contributed by atoms with Gasteiger partial charge in [-0.05, 0) is 12.1 Å². The highest BCUT2D eigenvalue weighted by atomic mass is 32.2. The van der Waals surface area contributed by atoms with Gasteiger partial charge in [-0.1, -0.05) is 0 Å². The molecule has 100 valence electrons. The highest BCUT2D eigenvalue weighted by molar-refractivity contribution is 7.88. The minimum atomic E-state index is -3.19. The number of rotatable bonds is 6. The zero-order chi connectivity index (χ0) is 13.6. The molecule has 0 aromatic carbocycles. The SMILES string of the molecule is COC(=O)c1ccc(NCCNS(C)(=O)=O)nn1. The number of aromatic nitrogens is 2. The number of esters is 1. The van der Waals surface area contributed by atoms with Crippen LogP contribution in [0, 0.1) is 0 Å². The lowest BCUT2D eigenvalue weighted by Gasteiger charge is -2.05. The Hall–Kier alpha value is -1.74. The van der Waals surface area contributed by atoms with E-state index in [1.807, 2.05) is 0 Å². The third-order valence-electron chi connectivity index (χ3n) is 1.85. The summed E-state index contributed by atoms with van der Waals surface area (Å²) >= 11 is 0. The van der Waals surface area contributed by atoms with Gasteiger partial charge in [0, 0.05) is 13.1 Å². The van der Waals surface area contributed by atoms with E-state index in [2.05, 4.69) is 25.0 Å². The monoisotopic (exact) mass is 274 g/mol. The van der Waals surface area contributed by atoms with Crippen LogP contribution in [0.1, 0.15) is 10.5 Å². The summed E-state index contributed by atoms with van der Waals surface area (Å²) in [5.74, 6) is -0.120. The second-order valence-electron chi connectivity index (χ2n) is 3.39. The summed E-state index contributed by atoms with van der Waals surface area (Å²) in [6, 6.07) is 3.02. The maximum Gasteiger partial charge on any atom is 0.358 e. The van der Waals surface area contributed by atoms with Crippen molar-refractivity contribution in [2.24, 2.45) is 0 Å². The summed E-state index contributed by atoms with van der Waals surface area (Å²) in [4.78, 5) is 11.1. The van der Waals surface area contributed by atoms with Gasteiger partial charge in [0.2, 0.25) is 10.0 Å². The molecule has 0 radical (unpaired) electrons. The molecular weight excluding hydrogens is 260 g/mol. The summed E-state index contributed by atoms with van der Waals surface area (Å²) < 4.78 is 28.3. The number of hydrogen-bond donors (Lipinski definition) is 2. The van der Waals surface area contributed by atoms with Crippen LogP contribution < -0.4 is 10.0 Å². The molecule has 1 heterocycles. The lowest BCUT2D eigenvalue weighted by Crippen LogP contribution is -2.27. The highest BCUT2D eigenvalue weighted by Crippen LogP contribution is 2.02. The number of nitrogens with zero attached hydrogens (tertiary/aromatic N) is 2. The molecular formula is C9H14N4O4S. The second kappa shape index (κ2) is 6.26. The molecule has 8 nitrogen and oxygen atoms in total. The molecule has 18 heavy (non-hydrogen) atoms. The third kappa shape index (κ3) is 5.06. The lowest BCUT2D eigenvalue weighted by atomic mass is 10.4. The average Bonchev–Trinajstić information content (AvgIpc) is 2.33. The molecule has 0 saturated carbocycles. The minimum absolute atomic E-state index is 0.109. The van der Waals surface area contributed by atoms with Crippen molar-refractivity contribution in [2.45, 2.75) is 0 Å². The van der Waals surface area contributed by atoms with Gasteiger partial charge in [0.1, 0.15) is 5.82 Å². The van der Waals surface area contributed by atoms with Crippen molar-refractivity contribution in [3.63, 3.8) is 0 Å². The molecule has 0 amide bonds. The first kappa shape index (κ1) is 14.3. The van der Waals surface area contributed by atoms with E-state index in [0.29, 0.717) is 12.4 Å². The van der Waals surface area contributed by atoms with Crippen LogP contribution in [0.25, 0.3) is 0 Å². The van der Waals surface area contributed by atoms with E-state index in [0.717, 1.165) is 6.26 Å². The van der Waals surface area contributed by atoms with Crippen LogP contribution in [0.4, 0.5) is 5.82 Å². The Bertz CT molecular complexity index is 500. The van der Waals surface area contributed by atoms with Gasteiger partial charge in [-0.3, -0.25) is 0 Å². The molecule has 1 aromatic rings. The Labute approximate surface area is 105 Å². The number of methoxy groups -OCH3 is 1. The molecule has 1 aromatic heterocycles. The van der Waals surface area contributed by atoms with Crippen LogP contribution >= 0.6 is 0 Å². The van der Waals surface area contributed by atoms with Crippen LogP contribution in [0.3, 0.4) is 0 Å². The summed E-state index contributed by atoms with van der Waals surface area (Å²) in [6.45, 7) is 0.596. The standard InChI is InChI=1S/C9H14N4O4S/c1-17-9(14)7-3-4-8(13-12-7)10-5-6-11-18(2,15)16/h3-4,11H,5-6H2,1-2H3,(H,10,13). The van der Waals surface area contributed by atoms with Gasteiger partial charge in [-0.2, -0.15) is 0 Å². The van der Waals surface area contributed by atoms with E-state index in [4.69, 9.17) is 0 Å². The van der Waals surface area contributed by atoms with Crippen LogP contribution in [0.2, 0.25) is 0 Å². The quantitative estimate of drug-likeness (QED) is 0.517. The first-order valence-corrected chi connectivity index (χ1v) is 6.92. The maximum absolute atomic E-state index is 11.1. The van der Waals surface area contributed by atoms with E-state index in [-0.39, 0.29) is 12.2 Å². The lowest BCUT2D eigenvalue weighted by molar-refractivity contribution is 0.0592. The van der Waals surface area contributed by atoms with Crippen molar-refractivity contribution in [1.82, 2.24) is 14.9 Å². The van der Waals surface area contributed by atoms with E-state index in [1.54, 1.807) is 6.07 Å². The zero-order valence-electron chi connectivity index (χ0n) is 10.0. The molecule has 0 aliphatic heterocycles. The van der Waals surface area contributed by atoms with Gasteiger partial charge in [0.05, 0.1) is 13.4 Å². The molecule has 0 spiro atoms. The van der Waals surface area contributed by atoms with Crippen LogP contribution in [0.15, 0.2) is 12.1 Å². The fraction of sp³-hybridized carbons (Fsp3) is 0.444. The number of sulfonamides is 1. The molecule has 1 rings (SSSR count). The molecule has 0 aliphatic rings. The number of hydrogen-bond acceptors (Lipinski definition) is 7. The van der Waals surface area contributed by atoms with Gasteiger partial charge in [-0.25, -0.2) is 17.9 Å². The van der Waals surface area contributed by atoms with Crippen molar-refractivity contribution in [3.8, 4) is 0 Å². The van der Waals surface area contributed by atoms with Crippen molar-refractivity contribution < 1.29 is 17.9 Å². The Morgan fingerprint density at radius 2 is 2.06 bits per heavy atom. The first-order valence-electron chi connectivity index (χ1n) is 5.03. The fourth-order valence-corrected chi connectivity index (χ4v) is 1.54. The molecule has 0 atom stereocenters. The maximum atomic E-state index is 11.1. The smallest absolute Gasteiger partial charge is 0.358 e. The summed E-state index contributed by atoms with van der Waals surface area (Å²) in [6.07, 6.45) is 1.08. The third-order valence-corrected chi connectivity index (χ3v) is 2.58. The Balaban J connectivity index is 2.42. The number of carbonyl (C=O) groups is 1. The zero-order valence-corrected chi connectivity index (χ0v) is 10.8. The summed E-state index contributed by atoms with van der Waals surface area (Å²) in [5.41, 5.74) is 0.109. The Morgan fingerprint density at radius 1 is 1.33 bits per heavy atom. The largest absolute Gasteiger partial charge is 0.464 e. The second-order valence-corrected chi connectivity index (χ2v) is 5.22. The van der Waals surface area contributed by atoms with Gasteiger partial charge in [0.25, 0.3) is 0 Å². The van der Waals surface area contributed by atoms with E-state index in [1.165, 1.54) is 13.2 Å². The highest BCUT2D eigenvalue weighted by Gasteiger charge is 2.07. The number of carbonyl (C=O) groups excluding carboxylic acids is 1. The normalized spacial score (nSPS) is 11.0. The molecule has 2 N–H and O–H groups in total. The fourth-order valence-electron chi connectivity index (χ4n) is 1.07. The van der Waals surface area contributed by atoms with Crippen LogP contribution in [-0.4, -0.2) is 51.0 Å². The molecule has 0 bridgehead atoms. The van der Waals surface area contributed by atoms with E-state index < -0.39 is 16.0 Å². The summed E-state index contributed by atoms with van der Waals surface area (Å²) in [5, 5.41) is 10.2. The van der Waals surface area contributed by atoms with E-state index >= 15 is 0 Å². The molecule has 0 fully saturated rings. The molecule has 0 saturated heterocycles. The van der Waals surface area contributed by atoms with Gasteiger partial charge >= 0.3 is 5.97 Å². The van der Waals surface area contributed by atoms with Crippen molar-refractivity contribution in [3.05, 3.63) is 17.8 Å². The van der Waals surface area contributed by atoms with Crippen LogP contribution in [-0.2, 0) is 14.8 Å². The van der Waals surface area contributed by atoms with Gasteiger partial charge in [-0.15, -0.1) is 10.2 Å². The predicted molar refractivity (Wildman–Crippen MR) is 64.7 cm³/mol. The Morgan fingerprint density at radius 3 is 2.56 bits per heavy atom. The first-order chi connectivity index (χ1) is 8.42.